The maximum atomic E-state index is 12.8. The van der Waals surface area contributed by atoms with Gasteiger partial charge in [-0.25, -0.2) is 0 Å². The van der Waals surface area contributed by atoms with Gasteiger partial charge in [-0.2, -0.15) is 0 Å². The maximum Gasteiger partial charge on any atom is 0.254 e. The zero-order valence-electron chi connectivity index (χ0n) is 15.3. The number of nitrogens with zero attached hydrogens (tertiary/aromatic N) is 1. The van der Waals surface area contributed by atoms with E-state index >= 15 is 0 Å². The van der Waals surface area contributed by atoms with E-state index in [9.17, 15) is 9.59 Å². The standard InChI is InChI=1S/C20H20Cl2N2O4/c1-27-18-9-12(20(26)24-8-2-3-16(24)19(23)25)5-7-17(18)28-11-13-4-6-14(21)10-15(13)22/h4-7,9-10,16H,2-3,8,11H2,1H3,(H2,23,25)/t16-/m0/s1. The molecule has 8 heteroatoms. The zero-order chi connectivity index (χ0) is 20.3. The summed E-state index contributed by atoms with van der Waals surface area (Å²) in [7, 11) is 1.49. The highest BCUT2D eigenvalue weighted by Crippen LogP contribution is 2.31. The zero-order valence-corrected chi connectivity index (χ0v) is 16.8. The van der Waals surface area contributed by atoms with E-state index < -0.39 is 11.9 Å². The van der Waals surface area contributed by atoms with Crippen molar-refractivity contribution in [2.24, 2.45) is 5.73 Å². The number of rotatable bonds is 6. The van der Waals surface area contributed by atoms with Crippen LogP contribution in [-0.2, 0) is 11.4 Å². The first-order valence-electron chi connectivity index (χ1n) is 8.75. The number of nitrogens with two attached hydrogens (primary N) is 1. The van der Waals surface area contributed by atoms with Gasteiger partial charge in [0.05, 0.1) is 7.11 Å². The molecule has 1 heterocycles. The smallest absolute Gasteiger partial charge is 0.254 e. The number of carbonyl (C=O) groups excluding carboxylic acids is 2. The molecule has 6 nitrogen and oxygen atoms in total. The minimum absolute atomic E-state index is 0.218. The Morgan fingerprint density at radius 1 is 1.18 bits per heavy atom. The van der Waals surface area contributed by atoms with Gasteiger partial charge >= 0.3 is 0 Å². The van der Waals surface area contributed by atoms with Gasteiger partial charge < -0.3 is 20.1 Å². The highest BCUT2D eigenvalue weighted by molar-refractivity contribution is 6.35. The van der Waals surface area contributed by atoms with Crippen molar-refractivity contribution in [3.8, 4) is 11.5 Å². The Hall–Kier alpha value is -2.44. The highest BCUT2D eigenvalue weighted by Gasteiger charge is 2.33. The van der Waals surface area contributed by atoms with Gasteiger partial charge in [0.25, 0.3) is 5.91 Å². The molecular weight excluding hydrogens is 403 g/mol. The number of hydrogen-bond acceptors (Lipinski definition) is 4. The molecule has 1 fully saturated rings. The molecule has 3 rings (SSSR count). The van der Waals surface area contributed by atoms with E-state index in [4.69, 9.17) is 38.4 Å². The molecule has 2 amide bonds. The van der Waals surface area contributed by atoms with Gasteiger partial charge in [0.1, 0.15) is 12.6 Å². The molecular formula is C20H20Cl2N2O4. The van der Waals surface area contributed by atoms with Crippen molar-refractivity contribution < 1.29 is 19.1 Å². The van der Waals surface area contributed by atoms with Gasteiger partial charge in [0, 0.05) is 27.7 Å². The molecule has 1 aliphatic heterocycles. The average molecular weight is 423 g/mol. The SMILES string of the molecule is COc1cc(C(=O)N2CCC[C@H]2C(N)=O)ccc1OCc1ccc(Cl)cc1Cl. The predicted molar refractivity (Wildman–Crippen MR) is 107 cm³/mol. The summed E-state index contributed by atoms with van der Waals surface area (Å²) in [5, 5.41) is 1.05. The summed E-state index contributed by atoms with van der Waals surface area (Å²) in [5.41, 5.74) is 6.58. The fraction of sp³-hybridized carbons (Fsp3) is 0.300. The minimum atomic E-state index is -0.568. The molecule has 0 aromatic heterocycles. The van der Waals surface area contributed by atoms with Crippen molar-refractivity contribution in [3.05, 3.63) is 57.6 Å². The summed E-state index contributed by atoms with van der Waals surface area (Å²) in [5.74, 6) is 0.133. The van der Waals surface area contributed by atoms with Crippen molar-refractivity contribution >= 4 is 35.0 Å². The fourth-order valence-corrected chi connectivity index (χ4v) is 3.65. The normalized spacial score (nSPS) is 16.1. The molecule has 1 aliphatic rings. The summed E-state index contributed by atoms with van der Waals surface area (Å²) < 4.78 is 11.2. The molecule has 0 unspecified atom stereocenters. The van der Waals surface area contributed by atoms with Crippen LogP contribution in [0.15, 0.2) is 36.4 Å². The van der Waals surface area contributed by atoms with Crippen LogP contribution >= 0.6 is 23.2 Å². The third-order valence-corrected chi connectivity index (χ3v) is 5.24. The molecule has 1 saturated heterocycles. The van der Waals surface area contributed by atoms with Gasteiger partial charge in [0.2, 0.25) is 5.91 Å². The van der Waals surface area contributed by atoms with Crippen LogP contribution in [0, 0.1) is 0 Å². The van der Waals surface area contributed by atoms with Crippen LogP contribution in [0.2, 0.25) is 10.0 Å². The summed E-state index contributed by atoms with van der Waals surface area (Å²) in [6, 6.07) is 9.48. The van der Waals surface area contributed by atoms with E-state index in [1.165, 1.54) is 12.0 Å². The molecule has 0 aliphatic carbocycles. The Morgan fingerprint density at radius 3 is 2.64 bits per heavy atom. The van der Waals surface area contributed by atoms with Crippen LogP contribution in [0.3, 0.4) is 0 Å². The van der Waals surface area contributed by atoms with Gasteiger partial charge in [0.15, 0.2) is 11.5 Å². The Labute approximate surface area is 173 Å². The van der Waals surface area contributed by atoms with Crippen LogP contribution in [0.4, 0.5) is 0 Å². The van der Waals surface area contributed by atoms with Gasteiger partial charge in [-0.05, 0) is 43.2 Å². The monoisotopic (exact) mass is 422 g/mol. The molecule has 0 radical (unpaired) electrons. The number of likely N-dealkylation sites (tertiary alicyclic amines) is 1. The summed E-state index contributed by atoms with van der Waals surface area (Å²) in [4.78, 5) is 25.9. The Bertz CT molecular complexity index is 904. The van der Waals surface area contributed by atoms with E-state index in [0.29, 0.717) is 40.1 Å². The third-order valence-electron chi connectivity index (χ3n) is 4.65. The number of hydrogen-bond donors (Lipinski definition) is 1. The largest absolute Gasteiger partial charge is 0.493 e. The molecule has 148 valence electrons. The topological polar surface area (TPSA) is 81.9 Å². The molecule has 0 bridgehead atoms. The summed E-state index contributed by atoms with van der Waals surface area (Å²) >= 11 is 12.1. The Morgan fingerprint density at radius 2 is 1.96 bits per heavy atom. The van der Waals surface area contributed by atoms with E-state index in [1.807, 2.05) is 0 Å². The van der Waals surface area contributed by atoms with Crippen molar-refractivity contribution in [1.29, 1.82) is 0 Å². The molecule has 28 heavy (non-hydrogen) atoms. The number of primary amides is 1. The molecule has 2 aromatic rings. The van der Waals surface area contributed by atoms with Gasteiger partial charge in [-0.1, -0.05) is 29.3 Å². The number of amides is 2. The third kappa shape index (κ3) is 4.34. The van der Waals surface area contributed by atoms with Crippen molar-refractivity contribution in [1.82, 2.24) is 4.90 Å². The fourth-order valence-electron chi connectivity index (χ4n) is 3.19. The summed E-state index contributed by atoms with van der Waals surface area (Å²) in [6.45, 7) is 0.720. The first-order valence-corrected chi connectivity index (χ1v) is 9.51. The van der Waals surface area contributed by atoms with Crippen LogP contribution in [-0.4, -0.2) is 36.4 Å². The van der Waals surface area contributed by atoms with Crippen LogP contribution in [0.5, 0.6) is 11.5 Å². The average Bonchev–Trinajstić information content (AvgIpc) is 3.17. The number of carbonyl (C=O) groups is 2. The number of ether oxygens (including phenoxy) is 2. The highest BCUT2D eigenvalue weighted by atomic mass is 35.5. The quantitative estimate of drug-likeness (QED) is 0.769. The lowest BCUT2D eigenvalue weighted by molar-refractivity contribution is -0.121. The summed E-state index contributed by atoms with van der Waals surface area (Å²) in [6.07, 6.45) is 1.33. The van der Waals surface area contributed by atoms with E-state index in [2.05, 4.69) is 0 Å². The van der Waals surface area contributed by atoms with E-state index in [1.54, 1.807) is 36.4 Å². The predicted octanol–water partition coefficient (Wildman–Crippen LogP) is 3.67. The van der Waals surface area contributed by atoms with Crippen molar-refractivity contribution in [3.63, 3.8) is 0 Å². The number of halogens is 2. The van der Waals surface area contributed by atoms with Crippen molar-refractivity contribution in [2.75, 3.05) is 13.7 Å². The molecule has 0 saturated carbocycles. The lowest BCUT2D eigenvalue weighted by atomic mass is 10.1. The lowest BCUT2D eigenvalue weighted by Gasteiger charge is -2.22. The molecule has 2 N–H and O–H groups in total. The van der Waals surface area contributed by atoms with Crippen LogP contribution < -0.4 is 15.2 Å². The first kappa shape index (κ1) is 20.3. The lowest BCUT2D eigenvalue weighted by Crippen LogP contribution is -2.43. The first-order chi connectivity index (χ1) is 13.4. The van der Waals surface area contributed by atoms with Gasteiger partial charge in [-0.3, -0.25) is 9.59 Å². The van der Waals surface area contributed by atoms with E-state index in [-0.39, 0.29) is 12.5 Å². The number of methoxy groups -OCH3 is 1. The second-order valence-corrected chi connectivity index (χ2v) is 7.29. The Kier molecular flexibility index (Phi) is 6.31. The minimum Gasteiger partial charge on any atom is -0.493 e. The second kappa shape index (κ2) is 8.71. The van der Waals surface area contributed by atoms with Crippen molar-refractivity contribution in [2.45, 2.75) is 25.5 Å². The second-order valence-electron chi connectivity index (χ2n) is 6.45. The maximum absolute atomic E-state index is 12.8. The molecule has 1 atom stereocenters. The number of benzene rings is 2. The Balaban J connectivity index is 1.76. The molecule has 2 aromatic carbocycles. The molecule has 0 spiro atoms. The van der Waals surface area contributed by atoms with Crippen LogP contribution in [0.25, 0.3) is 0 Å². The van der Waals surface area contributed by atoms with Crippen LogP contribution in [0.1, 0.15) is 28.8 Å². The van der Waals surface area contributed by atoms with E-state index in [0.717, 1.165) is 12.0 Å². The van der Waals surface area contributed by atoms with Gasteiger partial charge in [-0.15, -0.1) is 0 Å².